The molecule has 82 valence electrons. The molecule has 4 nitrogen and oxygen atoms in total. The number of nitrogens with two attached hydrogens (primary N) is 2. The fourth-order valence-corrected chi connectivity index (χ4v) is 0.272. The van der Waals surface area contributed by atoms with E-state index in [2.05, 4.69) is 0 Å². The maximum Gasteiger partial charge on any atom is 0.0685 e. The average molecular weight is 192 g/mol. The summed E-state index contributed by atoms with van der Waals surface area (Å²) >= 11 is 0. The maximum absolute atomic E-state index is 8.81. The first-order valence-electron chi connectivity index (χ1n) is 4.52. The highest BCUT2D eigenvalue weighted by Gasteiger charge is 2.05. The van der Waals surface area contributed by atoms with Crippen molar-refractivity contribution in [1.29, 1.82) is 0 Å². The Kier molecular flexibility index (Phi) is 8.56. The predicted octanol–water partition coefficient (Wildman–Crippen LogP) is -0.322. The third-order valence-corrected chi connectivity index (χ3v) is 1.42. The predicted molar refractivity (Wildman–Crippen MR) is 55.3 cm³/mol. The van der Waals surface area contributed by atoms with Gasteiger partial charge < -0.3 is 21.7 Å². The molecular formula is C9H24N2O2. The topological polar surface area (TPSA) is 92.5 Å². The standard InChI is InChI=1S/C5H13NO.C4H11NO/c1-4(2)5(7)3-6;1-4(2,5)3-6/h4-5,7H,3,6H2,1-2H3;6H,3,5H2,1-2H3. The number of aliphatic hydroxyl groups excluding tert-OH is 2. The molecule has 0 aromatic heterocycles. The van der Waals surface area contributed by atoms with Crippen molar-refractivity contribution in [3.05, 3.63) is 0 Å². The van der Waals surface area contributed by atoms with Gasteiger partial charge in [0.05, 0.1) is 12.7 Å². The molecule has 0 rings (SSSR count). The first-order valence-corrected chi connectivity index (χ1v) is 4.52. The molecule has 0 heterocycles. The lowest BCUT2D eigenvalue weighted by Crippen LogP contribution is -2.35. The van der Waals surface area contributed by atoms with Gasteiger partial charge in [0.25, 0.3) is 0 Å². The van der Waals surface area contributed by atoms with Gasteiger partial charge in [-0.3, -0.25) is 0 Å². The molecule has 1 unspecified atom stereocenters. The Hall–Kier alpha value is -0.160. The summed E-state index contributed by atoms with van der Waals surface area (Å²) in [6, 6.07) is 0. The molecule has 0 aromatic carbocycles. The third-order valence-electron chi connectivity index (χ3n) is 1.42. The zero-order chi connectivity index (χ0) is 11.1. The van der Waals surface area contributed by atoms with E-state index in [-0.39, 0.29) is 12.7 Å². The Morgan fingerprint density at radius 2 is 1.62 bits per heavy atom. The molecule has 0 radical (unpaired) electrons. The van der Waals surface area contributed by atoms with Gasteiger partial charge in [0, 0.05) is 12.1 Å². The van der Waals surface area contributed by atoms with Crippen molar-refractivity contribution in [1.82, 2.24) is 0 Å². The SMILES string of the molecule is CC(C)(N)CO.CC(C)C(O)CN. The van der Waals surface area contributed by atoms with Crippen LogP contribution in [0.4, 0.5) is 0 Å². The Morgan fingerprint density at radius 1 is 1.31 bits per heavy atom. The summed E-state index contributed by atoms with van der Waals surface area (Å²) in [7, 11) is 0. The molecule has 13 heavy (non-hydrogen) atoms. The van der Waals surface area contributed by atoms with Crippen LogP contribution in [0.5, 0.6) is 0 Å². The molecule has 0 amide bonds. The van der Waals surface area contributed by atoms with Gasteiger partial charge in [-0.15, -0.1) is 0 Å². The first-order chi connectivity index (χ1) is 5.74. The first kappa shape index (κ1) is 15.3. The molecule has 0 saturated heterocycles. The summed E-state index contributed by atoms with van der Waals surface area (Å²) in [5, 5.41) is 17.1. The molecule has 6 N–H and O–H groups in total. The molecule has 0 aliphatic carbocycles. The fraction of sp³-hybridized carbons (Fsp3) is 1.00. The Balaban J connectivity index is 0. The van der Waals surface area contributed by atoms with E-state index in [0.717, 1.165) is 0 Å². The lowest BCUT2D eigenvalue weighted by atomic mass is 10.1. The summed E-state index contributed by atoms with van der Waals surface area (Å²) in [4.78, 5) is 0. The Labute approximate surface area is 80.9 Å². The summed E-state index contributed by atoms with van der Waals surface area (Å²) in [6.07, 6.45) is -0.319. The number of hydrogen-bond donors (Lipinski definition) is 4. The van der Waals surface area contributed by atoms with Gasteiger partial charge in [0.2, 0.25) is 0 Å². The second-order valence-corrected chi connectivity index (χ2v) is 4.19. The maximum atomic E-state index is 8.81. The van der Waals surface area contributed by atoms with E-state index < -0.39 is 5.54 Å². The monoisotopic (exact) mass is 192 g/mol. The van der Waals surface area contributed by atoms with E-state index in [1.807, 2.05) is 13.8 Å². The van der Waals surface area contributed by atoms with Crippen molar-refractivity contribution in [2.75, 3.05) is 13.2 Å². The summed E-state index contributed by atoms with van der Waals surface area (Å²) in [5.41, 5.74) is 10.0. The number of hydrogen-bond acceptors (Lipinski definition) is 4. The van der Waals surface area contributed by atoms with Crippen LogP contribution in [0.3, 0.4) is 0 Å². The summed E-state index contributed by atoms with van der Waals surface area (Å²) in [6.45, 7) is 7.85. The van der Waals surface area contributed by atoms with Crippen LogP contribution in [0.1, 0.15) is 27.7 Å². The van der Waals surface area contributed by atoms with Crippen LogP contribution in [0.25, 0.3) is 0 Å². The minimum absolute atomic E-state index is 0.0486. The Morgan fingerprint density at radius 3 is 1.62 bits per heavy atom. The normalized spacial score (nSPS) is 13.6. The average Bonchev–Trinajstić information content (AvgIpc) is 2.02. The zero-order valence-electron chi connectivity index (χ0n) is 9.12. The van der Waals surface area contributed by atoms with E-state index in [4.69, 9.17) is 21.7 Å². The molecule has 0 saturated carbocycles. The molecule has 0 aliphatic rings. The largest absolute Gasteiger partial charge is 0.394 e. The smallest absolute Gasteiger partial charge is 0.0685 e. The minimum atomic E-state index is -0.403. The van der Waals surface area contributed by atoms with Gasteiger partial charge in [-0.25, -0.2) is 0 Å². The highest BCUT2D eigenvalue weighted by Crippen LogP contribution is 1.96. The summed E-state index contributed by atoms with van der Waals surface area (Å²) in [5.74, 6) is 0.296. The van der Waals surface area contributed by atoms with Gasteiger partial charge in [-0.1, -0.05) is 13.8 Å². The zero-order valence-corrected chi connectivity index (χ0v) is 9.12. The molecular weight excluding hydrogens is 168 g/mol. The number of rotatable bonds is 3. The van der Waals surface area contributed by atoms with Gasteiger partial charge in [0.15, 0.2) is 0 Å². The van der Waals surface area contributed by atoms with Gasteiger partial charge in [-0.2, -0.15) is 0 Å². The highest BCUT2D eigenvalue weighted by atomic mass is 16.3. The van der Waals surface area contributed by atoms with E-state index in [0.29, 0.717) is 12.5 Å². The third kappa shape index (κ3) is 14.7. The van der Waals surface area contributed by atoms with Crippen LogP contribution in [0.2, 0.25) is 0 Å². The van der Waals surface area contributed by atoms with E-state index in [9.17, 15) is 0 Å². The van der Waals surface area contributed by atoms with Crippen LogP contribution in [-0.4, -0.2) is 35.0 Å². The Bertz CT molecular complexity index is 111. The molecule has 0 spiro atoms. The second kappa shape index (κ2) is 7.26. The second-order valence-electron chi connectivity index (χ2n) is 4.19. The van der Waals surface area contributed by atoms with Gasteiger partial charge >= 0.3 is 0 Å². The van der Waals surface area contributed by atoms with Crippen molar-refractivity contribution in [2.24, 2.45) is 17.4 Å². The van der Waals surface area contributed by atoms with E-state index in [1.54, 1.807) is 13.8 Å². The fourth-order valence-electron chi connectivity index (χ4n) is 0.272. The van der Waals surface area contributed by atoms with Gasteiger partial charge in [0.1, 0.15) is 0 Å². The minimum Gasteiger partial charge on any atom is -0.394 e. The van der Waals surface area contributed by atoms with Crippen molar-refractivity contribution < 1.29 is 10.2 Å². The molecule has 1 atom stereocenters. The molecule has 0 aliphatic heterocycles. The lowest BCUT2D eigenvalue weighted by Gasteiger charge is -2.12. The summed E-state index contributed by atoms with van der Waals surface area (Å²) < 4.78 is 0. The molecule has 0 bridgehead atoms. The lowest BCUT2D eigenvalue weighted by molar-refractivity contribution is 0.133. The van der Waals surface area contributed by atoms with E-state index >= 15 is 0 Å². The molecule has 0 fully saturated rings. The van der Waals surface area contributed by atoms with Crippen molar-refractivity contribution >= 4 is 0 Å². The highest BCUT2D eigenvalue weighted by molar-refractivity contribution is 4.67. The van der Waals surface area contributed by atoms with Crippen LogP contribution in [0, 0.1) is 5.92 Å². The van der Waals surface area contributed by atoms with E-state index in [1.165, 1.54) is 0 Å². The molecule has 4 heteroatoms. The van der Waals surface area contributed by atoms with Gasteiger partial charge in [-0.05, 0) is 19.8 Å². The quantitative estimate of drug-likeness (QED) is 0.493. The van der Waals surface area contributed by atoms with Crippen LogP contribution >= 0.6 is 0 Å². The van der Waals surface area contributed by atoms with Crippen LogP contribution < -0.4 is 11.5 Å². The number of aliphatic hydroxyl groups is 2. The molecule has 0 aromatic rings. The van der Waals surface area contributed by atoms with Crippen LogP contribution in [0.15, 0.2) is 0 Å². The van der Waals surface area contributed by atoms with Crippen molar-refractivity contribution in [3.63, 3.8) is 0 Å². The van der Waals surface area contributed by atoms with Crippen molar-refractivity contribution in [3.8, 4) is 0 Å². The van der Waals surface area contributed by atoms with Crippen LogP contribution in [-0.2, 0) is 0 Å². The van der Waals surface area contributed by atoms with Crippen molar-refractivity contribution in [2.45, 2.75) is 39.3 Å².